The first kappa shape index (κ1) is 20.6. The van der Waals surface area contributed by atoms with E-state index < -0.39 is 29.5 Å². The number of anilines is 1. The van der Waals surface area contributed by atoms with Gasteiger partial charge in [0.1, 0.15) is 23.5 Å². The molecular weight excluding hydrogens is 437 g/mol. The molecule has 3 unspecified atom stereocenters. The molecule has 1 fully saturated rings. The van der Waals surface area contributed by atoms with E-state index in [1.807, 2.05) is 6.07 Å². The van der Waals surface area contributed by atoms with Gasteiger partial charge in [-0.3, -0.25) is 5.32 Å². The average Bonchev–Trinajstić information content (AvgIpc) is 3.51. The second kappa shape index (κ2) is 8.02. The van der Waals surface area contributed by atoms with E-state index in [-0.39, 0.29) is 52.6 Å². The maximum atomic E-state index is 14.2. The highest BCUT2D eigenvalue weighted by Gasteiger charge is 2.57. The number of aromatic nitrogens is 1. The monoisotopic (exact) mass is 452 g/mol. The van der Waals surface area contributed by atoms with Gasteiger partial charge in [0.05, 0.1) is 18.4 Å². The van der Waals surface area contributed by atoms with Gasteiger partial charge in [0.15, 0.2) is 23.1 Å². The summed E-state index contributed by atoms with van der Waals surface area (Å²) in [6.07, 6.45) is 1.27. The Balaban J connectivity index is 1.22. The number of benzene rings is 2. The smallest absolute Gasteiger partial charge is 0.320 e. The van der Waals surface area contributed by atoms with Crippen molar-refractivity contribution in [3.05, 3.63) is 77.2 Å². The Bertz CT molecular complexity index is 1290. The number of pyridine rings is 1. The number of halogens is 3. The molecule has 33 heavy (non-hydrogen) atoms. The van der Waals surface area contributed by atoms with E-state index in [0.29, 0.717) is 0 Å². The molecule has 0 bridgehead atoms. The molecule has 2 N–H and O–H groups in total. The molecule has 1 aromatic heterocycles. The summed E-state index contributed by atoms with van der Waals surface area (Å²) in [7, 11) is 0. The first-order valence-electron chi connectivity index (χ1n) is 9.97. The van der Waals surface area contributed by atoms with Gasteiger partial charge >= 0.3 is 6.03 Å². The number of fused-ring (bicyclic) bond motifs is 3. The van der Waals surface area contributed by atoms with E-state index in [0.717, 1.165) is 12.1 Å². The average molecular weight is 452 g/mol. The van der Waals surface area contributed by atoms with Gasteiger partial charge in [-0.1, -0.05) is 6.07 Å². The quantitative estimate of drug-likeness (QED) is 0.610. The summed E-state index contributed by atoms with van der Waals surface area (Å²) in [4.78, 5) is 16.4. The molecule has 7 nitrogen and oxygen atoms in total. The number of amides is 2. The Morgan fingerprint density at radius 1 is 1.12 bits per heavy atom. The van der Waals surface area contributed by atoms with E-state index in [1.54, 1.807) is 0 Å². The largest absolute Gasteiger partial charge is 0.490 e. The fourth-order valence-corrected chi connectivity index (χ4v) is 3.99. The van der Waals surface area contributed by atoms with E-state index in [9.17, 15) is 18.0 Å². The Morgan fingerprint density at radius 2 is 1.94 bits per heavy atom. The number of urea groups is 1. The molecule has 10 heteroatoms. The molecule has 166 valence electrons. The Kier molecular flexibility index (Phi) is 5.01. The fourth-order valence-electron chi connectivity index (χ4n) is 3.99. The molecule has 1 saturated carbocycles. The van der Waals surface area contributed by atoms with Crippen molar-refractivity contribution in [2.75, 3.05) is 11.9 Å². The number of carbonyl (C=O) groups excluding carboxylic acids is 1. The normalized spacial score (nSPS) is 19.9. The van der Waals surface area contributed by atoms with Crippen molar-refractivity contribution < 1.29 is 27.4 Å². The zero-order valence-electron chi connectivity index (χ0n) is 16.8. The molecule has 0 spiro atoms. The van der Waals surface area contributed by atoms with Crippen LogP contribution in [0.3, 0.4) is 0 Å². The van der Waals surface area contributed by atoms with Crippen LogP contribution in [0.5, 0.6) is 17.2 Å². The third-order valence-corrected chi connectivity index (χ3v) is 5.60. The number of ether oxygens (including phenoxy) is 2. The van der Waals surface area contributed by atoms with Gasteiger partial charge in [0.25, 0.3) is 0 Å². The number of nitriles is 1. The number of nitrogens with one attached hydrogen (secondary N) is 2. The fraction of sp³-hybridized carbons (Fsp3) is 0.174. The number of hydrogen-bond acceptors (Lipinski definition) is 5. The van der Waals surface area contributed by atoms with Crippen LogP contribution in [0.15, 0.2) is 48.7 Å². The highest BCUT2D eigenvalue weighted by molar-refractivity contribution is 5.89. The highest BCUT2D eigenvalue weighted by atomic mass is 19.1. The van der Waals surface area contributed by atoms with E-state index in [1.165, 1.54) is 36.5 Å². The molecular formula is C23H15F3N4O3. The van der Waals surface area contributed by atoms with E-state index in [2.05, 4.69) is 15.6 Å². The zero-order chi connectivity index (χ0) is 23.1. The van der Waals surface area contributed by atoms with Crippen LogP contribution in [0.1, 0.15) is 17.0 Å². The third kappa shape index (κ3) is 3.78. The molecule has 0 saturated heterocycles. The molecule has 2 aliphatic rings. The molecule has 5 rings (SSSR count). The van der Waals surface area contributed by atoms with Crippen LogP contribution in [-0.2, 0) is 0 Å². The molecule has 2 amide bonds. The summed E-state index contributed by atoms with van der Waals surface area (Å²) < 4.78 is 52.8. The summed E-state index contributed by atoms with van der Waals surface area (Å²) >= 11 is 0. The molecule has 3 aromatic rings. The number of hydrogen-bond donors (Lipinski definition) is 2. The number of nitrogens with zero attached hydrogens (tertiary/aromatic N) is 2. The summed E-state index contributed by atoms with van der Waals surface area (Å²) in [5, 5.41) is 14.4. The maximum absolute atomic E-state index is 14.2. The summed E-state index contributed by atoms with van der Waals surface area (Å²) in [6.45, 7) is 0.175. The minimum absolute atomic E-state index is 0.0318. The minimum Gasteiger partial charge on any atom is -0.490 e. The lowest BCUT2D eigenvalue weighted by Gasteiger charge is -2.16. The second-order valence-corrected chi connectivity index (χ2v) is 7.61. The predicted octanol–water partition coefficient (Wildman–Crippen LogP) is 4.46. The van der Waals surface area contributed by atoms with Crippen molar-refractivity contribution in [1.82, 2.24) is 10.3 Å². The van der Waals surface area contributed by atoms with E-state index >= 15 is 0 Å². The number of para-hydroxylation sites is 1. The molecule has 1 aliphatic carbocycles. The first-order chi connectivity index (χ1) is 16.0. The van der Waals surface area contributed by atoms with Gasteiger partial charge in [-0.15, -0.1) is 0 Å². The number of rotatable bonds is 4. The van der Waals surface area contributed by atoms with Crippen molar-refractivity contribution in [2.24, 2.45) is 5.92 Å². The Labute approximate surface area is 185 Å². The maximum Gasteiger partial charge on any atom is 0.320 e. The van der Waals surface area contributed by atoms with Crippen molar-refractivity contribution >= 4 is 11.8 Å². The van der Waals surface area contributed by atoms with Gasteiger partial charge < -0.3 is 14.8 Å². The van der Waals surface area contributed by atoms with Crippen LogP contribution in [0.25, 0.3) is 0 Å². The lowest BCUT2D eigenvalue weighted by molar-refractivity contribution is 0.247. The van der Waals surface area contributed by atoms with Crippen LogP contribution in [0.4, 0.5) is 23.8 Å². The van der Waals surface area contributed by atoms with Crippen LogP contribution in [-0.4, -0.2) is 23.7 Å². The van der Waals surface area contributed by atoms with Crippen LogP contribution >= 0.6 is 0 Å². The van der Waals surface area contributed by atoms with Crippen LogP contribution < -0.4 is 20.1 Å². The Morgan fingerprint density at radius 3 is 2.70 bits per heavy atom. The summed E-state index contributed by atoms with van der Waals surface area (Å²) in [5.74, 6) is -2.39. The topological polar surface area (TPSA) is 96.3 Å². The minimum atomic E-state index is -0.691. The second-order valence-electron chi connectivity index (χ2n) is 7.61. The van der Waals surface area contributed by atoms with Crippen molar-refractivity contribution in [2.45, 2.75) is 12.0 Å². The Hall–Kier alpha value is -4.26. The van der Waals surface area contributed by atoms with Crippen molar-refractivity contribution in [3.63, 3.8) is 0 Å². The van der Waals surface area contributed by atoms with Gasteiger partial charge in [0.2, 0.25) is 0 Å². The van der Waals surface area contributed by atoms with Gasteiger partial charge in [-0.25, -0.2) is 22.9 Å². The molecule has 0 radical (unpaired) electrons. The SMILES string of the molecule is N#Cc1cccc(F)c1Oc1ccc(NC(=O)NC2C3COc4c(F)ccc(F)c4C32)nc1. The van der Waals surface area contributed by atoms with E-state index in [4.69, 9.17) is 14.7 Å². The highest BCUT2D eigenvalue weighted by Crippen LogP contribution is 2.55. The third-order valence-electron chi connectivity index (χ3n) is 5.60. The lowest BCUT2D eigenvalue weighted by Crippen LogP contribution is -2.32. The van der Waals surface area contributed by atoms with Gasteiger partial charge in [0, 0.05) is 23.4 Å². The number of carbonyl (C=O) groups is 1. The standard InChI is InChI=1S/C23H15F3N4O3/c24-14-5-6-16(26)22-19(14)18-13(10-32-22)20(18)30-23(31)29-17-7-4-12(9-28-17)33-21-11(8-27)2-1-3-15(21)25/h1-7,9,13,18,20H,10H2,(H2,28,29,30,31). The molecule has 2 heterocycles. The zero-order valence-corrected chi connectivity index (χ0v) is 16.8. The van der Waals surface area contributed by atoms with Gasteiger partial charge in [-0.2, -0.15) is 5.26 Å². The van der Waals surface area contributed by atoms with Crippen molar-refractivity contribution in [3.8, 4) is 23.3 Å². The molecule has 2 aromatic carbocycles. The van der Waals surface area contributed by atoms with Crippen LogP contribution in [0, 0.1) is 34.7 Å². The lowest BCUT2D eigenvalue weighted by atomic mass is 10.0. The molecule has 3 atom stereocenters. The predicted molar refractivity (Wildman–Crippen MR) is 109 cm³/mol. The first-order valence-corrected chi connectivity index (χ1v) is 9.97. The summed E-state index contributed by atoms with van der Waals surface area (Å²) in [6, 6.07) is 9.81. The molecule has 1 aliphatic heterocycles. The van der Waals surface area contributed by atoms with Crippen LogP contribution in [0.2, 0.25) is 0 Å². The van der Waals surface area contributed by atoms with Gasteiger partial charge in [-0.05, 0) is 36.4 Å². The summed E-state index contributed by atoms with van der Waals surface area (Å²) in [5.41, 5.74) is 0.172. The van der Waals surface area contributed by atoms with Crippen molar-refractivity contribution in [1.29, 1.82) is 5.26 Å².